The van der Waals surface area contributed by atoms with Crippen molar-refractivity contribution in [3.05, 3.63) is 65.0 Å². The highest BCUT2D eigenvalue weighted by molar-refractivity contribution is 5.83. The Morgan fingerprint density at radius 1 is 1.17 bits per heavy atom. The molecule has 0 bridgehead atoms. The van der Waals surface area contributed by atoms with Gasteiger partial charge in [-0.05, 0) is 36.1 Å². The van der Waals surface area contributed by atoms with Crippen LogP contribution in [-0.2, 0) is 33.8 Å². The quantitative estimate of drug-likeness (QED) is 0.807. The first kappa shape index (κ1) is 20.5. The number of nitrogens with zero attached hydrogens (tertiary/aromatic N) is 3. The maximum Gasteiger partial charge on any atom is 0.251 e. The number of carbonyl (C=O) groups is 2. The first-order valence-corrected chi connectivity index (χ1v) is 10.5. The summed E-state index contributed by atoms with van der Waals surface area (Å²) in [6.07, 6.45) is 2.03. The number of ether oxygens (including phenoxy) is 1. The van der Waals surface area contributed by atoms with Gasteiger partial charge < -0.3 is 15.0 Å². The van der Waals surface area contributed by atoms with Crippen molar-refractivity contribution >= 4 is 11.8 Å². The van der Waals surface area contributed by atoms with E-state index >= 15 is 0 Å². The molecule has 1 atom stereocenters. The van der Waals surface area contributed by atoms with Crippen molar-refractivity contribution in [1.29, 1.82) is 0 Å². The number of aryl methyl sites for hydroxylation is 1. The first-order valence-electron chi connectivity index (χ1n) is 10.5. The molecule has 1 aromatic heterocycles. The van der Waals surface area contributed by atoms with Gasteiger partial charge in [0.05, 0.1) is 31.9 Å². The predicted octanol–water partition coefficient (Wildman–Crippen LogP) is 1.29. The molecule has 0 spiro atoms. The number of rotatable bonds is 5. The molecule has 2 amide bonds. The summed E-state index contributed by atoms with van der Waals surface area (Å²) >= 11 is 0. The summed E-state index contributed by atoms with van der Waals surface area (Å²) in [5.41, 5.74) is 4.52. The van der Waals surface area contributed by atoms with Crippen LogP contribution in [0.25, 0.3) is 0 Å². The SMILES string of the molecule is Cc1cccnc1CNC(=O)C1CN(C(=O)CN2CCc3ccccc3C2)CCO1. The Morgan fingerprint density at radius 3 is 2.83 bits per heavy atom. The van der Waals surface area contributed by atoms with Crippen molar-refractivity contribution in [3.63, 3.8) is 0 Å². The van der Waals surface area contributed by atoms with E-state index in [2.05, 4.69) is 33.4 Å². The lowest BCUT2D eigenvalue weighted by molar-refractivity contribution is -0.148. The minimum absolute atomic E-state index is 0.0519. The van der Waals surface area contributed by atoms with Crippen molar-refractivity contribution in [2.24, 2.45) is 0 Å². The van der Waals surface area contributed by atoms with E-state index in [9.17, 15) is 9.59 Å². The summed E-state index contributed by atoms with van der Waals surface area (Å²) in [7, 11) is 0. The third-order valence-corrected chi connectivity index (χ3v) is 5.83. The van der Waals surface area contributed by atoms with E-state index in [-0.39, 0.29) is 18.4 Å². The number of pyridine rings is 1. The molecular formula is C23H28N4O3. The Hall–Kier alpha value is -2.77. The maximum atomic E-state index is 12.9. The van der Waals surface area contributed by atoms with E-state index in [1.807, 2.05) is 25.1 Å². The fraction of sp³-hybridized carbons (Fsp3) is 0.435. The van der Waals surface area contributed by atoms with Gasteiger partial charge in [-0.3, -0.25) is 19.5 Å². The summed E-state index contributed by atoms with van der Waals surface area (Å²) in [5.74, 6) is -0.152. The predicted molar refractivity (Wildman–Crippen MR) is 113 cm³/mol. The van der Waals surface area contributed by atoms with Gasteiger partial charge in [0.15, 0.2) is 6.10 Å². The minimum atomic E-state index is -0.645. The highest BCUT2D eigenvalue weighted by Gasteiger charge is 2.30. The number of aromatic nitrogens is 1. The molecule has 7 heteroatoms. The van der Waals surface area contributed by atoms with E-state index in [0.717, 1.165) is 30.8 Å². The second kappa shape index (κ2) is 9.36. The van der Waals surface area contributed by atoms with Gasteiger partial charge in [0.1, 0.15) is 0 Å². The summed E-state index contributed by atoms with van der Waals surface area (Å²) in [6.45, 7) is 5.53. The molecule has 1 aromatic carbocycles. The van der Waals surface area contributed by atoms with Crippen molar-refractivity contribution in [3.8, 4) is 0 Å². The molecule has 7 nitrogen and oxygen atoms in total. The highest BCUT2D eigenvalue weighted by atomic mass is 16.5. The highest BCUT2D eigenvalue weighted by Crippen LogP contribution is 2.18. The van der Waals surface area contributed by atoms with Gasteiger partial charge in [0.25, 0.3) is 5.91 Å². The molecule has 0 radical (unpaired) electrons. The van der Waals surface area contributed by atoms with Crippen molar-refractivity contribution in [2.75, 3.05) is 32.8 Å². The van der Waals surface area contributed by atoms with Gasteiger partial charge >= 0.3 is 0 Å². The van der Waals surface area contributed by atoms with Crippen LogP contribution in [0.2, 0.25) is 0 Å². The molecule has 30 heavy (non-hydrogen) atoms. The zero-order valence-electron chi connectivity index (χ0n) is 17.3. The number of benzene rings is 1. The van der Waals surface area contributed by atoms with Crippen LogP contribution >= 0.6 is 0 Å². The number of fused-ring (bicyclic) bond motifs is 1. The summed E-state index contributed by atoms with van der Waals surface area (Å²) in [4.78, 5) is 33.6. The normalized spacial score (nSPS) is 19.2. The van der Waals surface area contributed by atoms with Gasteiger partial charge in [-0.1, -0.05) is 30.3 Å². The Balaban J connectivity index is 1.28. The second-order valence-electron chi connectivity index (χ2n) is 7.91. The van der Waals surface area contributed by atoms with E-state index < -0.39 is 6.10 Å². The number of morpholine rings is 1. The third-order valence-electron chi connectivity index (χ3n) is 5.83. The lowest BCUT2D eigenvalue weighted by Crippen LogP contribution is -2.53. The molecule has 3 heterocycles. The maximum absolute atomic E-state index is 12.9. The number of amides is 2. The molecule has 4 rings (SSSR count). The number of nitrogens with one attached hydrogen (secondary N) is 1. The van der Waals surface area contributed by atoms with E-state index in [0.29, 0.717) is 26.2 Å². The molecule has 0 saturated carbocycles. The topological polar surface area (TPSA) is 74.8 Å². The molecule has 0 aliphatic carbocycles. The summed E-state index contributed by atoms with van der Waals surface area (Å²) in [6, 6.07) is 12.2. The lowest BCUT2D eigenvalue weighted by atomic mass is 10.00. The minimum Gasteiger partial charge on any atom is -0.365 e. The molecular weight excluding hydrogens is 380 g/mol. The summed E-state index contributed by atoms with van der Waals surface area (Å²) in [5, 5.41) is 2.89. The standard InChI is InChI=1S/C23H28N4O3/c1-17-5-4-9-24-20(17)13-25-23(29)21-15-27(11-12-30-21)22(28)16-26-10-8-18-6-2-3-7-19(18)14-26/h2-7,9,21H,8,10-16H2,1H3,(H,25,29). The fourth-order valence-electron chi connectivity index (χ4n) is 4.00. The monoisotopic (exact) mass is 408 g/mol. The Kier molecular flexibility index (Phi) is 6.40. The van der Waals surface area contributed by atoms with Crippen molar-refractivity contribution in [2.45, 2.75) is 32.5 Å². The second-order valence-corrected chi connectivity index (χ2v) is 7.91. The van der Waals surface area contributed by atoms with Crippen LogP contribution in [-0.4, -0.2) is 65.5 Å². The molecule has 2 aromatic rings. The smallest absolute Gasteiger partial charge is 0.251 e. The average molecular weight is 409 g/mol. The number of carbonyl (C=O) groups excluding carboxylic acids is 2. The number of hydrogen-bond acceptors (Lipinski definition) is 5. The van der Waals surface area contributed by atoms with E-state index in [1.54, 1.807) is 11.1 Å². The Bertz CT molecular complexity index is 917. The van der Waals surface area contributed by atoms with Crippen LogP contribution < -0.4 is 5.32 Å². The van der Waals surface area contributed by atoms with Gasteiger partial charge in [0.2, 0.25) is 5.91 Å². The zero-order chi connectivity index (χ0) is 20.9. The van der Waals surface area contributed by atoms with Crippen molar-refractivity contribution in [1.82, 2.24) is 20.1 Å². The molecule has 2 aliphatic heterocycles. The molecule has 1 unspecified atom stereocenters. The van der Waals surface area contributed by atoms with Crippen molar-refractivity contribution < 1.29 is 14.3 Å². The molecule has 1 fully saturated rings. The van der Waals surface area contributed by atoms with E-state index in [4.69, 9.17) is 4.74 Å². The Morgan fingerprint density at radius 2 is 2.00 bits per heavy atom. The third kappa shape index (κ3) is 4.86. The largest absolute Gasteiger partial charge is 0.365 e. The average Bonchev–Trinajstić information content (AvgIpc) is 2.78. The number of hydrogen-bond donors (Lipinski definition) is 1. The van der Waals surface area contributed by atoms with Crippen LogP contribution in [0.4, 0.5) is 0 Å². The summed E-state index contributed by atoms with van der Waals surface area (Å²) < 4.78 is 5.64. The fourth-order valence-corrected chi connectivity index (χ4v) is 4.00. The van der Waals surface area contributed by atoms with Gasteiger partial charge in [-0.25, -0.2) is 0 Å². The van der Waals surface area contributed by atoms with Crippen LogP contribution in [0.1, 0.15) is 22.4 Å². The lowest BCUT2D eigenvalue weighted by Gasteiger charge is -2.35. The molecule has 1 saturated heterocycles. The van der Waals surface area contributed by atoms with Crippen LogP contribution in [0, 0.1) is 6.92 Å². The van der Waals surface area contributed by atoms with Crippen LogP contribution in [0.3, 0.4) is 0 Å². The first-order chi connectivity index (χ1) is 14.6. The molecule has 2 aliphatic rings. The van der Waals surface area contributed by atoms with Crippen LogP contribution in [0.5, 0.6) is 0 Å². The zero-order valence-corrected chi connectivity index (χ0v) is 17.3. The van der Waals surface area contributed by atoms with Gasteiger partial charge in [-0.2, -0.15) is 0 Å². The van der Waals surface area contributed by atoms with Gasteiger partial charge in [0, 0.05) is 25.8 Å². The Labute approximate surface area is 177 Å². The molecule has 1 N–H and O–H groups in total. The van der Waals surface area contributed by atoms with E-state index in [1.165, 1.54) is 11.1 Å². The van der Waals surface area contributed by atoms with Crippen LogP contribution in [0.15, 0.2) is 42.6 Å². The van der Waals surface area contributed by atoms with Gasteiger partial charge in [-0.15, -0.1) is 0 Å². The molecule has 158 valence electrons.